The Morgan fingerprint density at radius 3 is 3.06 bits per heavy atom. The maximum absolute atomic E-state index is 11.2. The molecule has 18 heavy (non-hydrogen) atoms. The lowest BCUT2D eigenvalue weighted by molar-refractivity contribution is 0.247. The van der Waals surface area contributed by atoms with Gasteiger partial charge in [0.2, 0.25) is 0 Å². The summed E-state index contributed by atoms with van der Waals surface area (Å²) in [5.41, 5.74) is 2.73. The summed E-state index contributed by atoms with van der Waals surface area (Å²) in [5, 5.41) is 13.3. The molecule has 0 heterocycles. The molecule has 6 nitrogen and oxygen atoms in total. The van der Waals surface area contributed by atoms with Crippen molar-refractivity contribution in [1.29, 1.82) is 0 Å². The summed E-state index contributed by atoms with van der Waals surface area (Å²) in [5.74, 6) is 1.43. The first-order valence-corrected chi connectivity index (χ1v) is 6.23. The summed E-state index contributed by atoms with van der Waals surface area (Å²) in [6.45, 7) is 1.92. The molecule has 0 aliphatic rings. The van der Waals surface area contributed by atoms with Crippen LogP contribution in [0, 0.1) is 0 Å². The smallest absolute Gasteiger partial charge is 0.345 e. The van der Waals surface area contributed by atoms with Crippen LogP contribution < -0.4 is 14.9 Å². The Hall–Kier alpha value is -1.89. The number of carbonyl (C=O) groups is 1. The second kappa shape index (κ2) is 7.44. The number of methoxy groups -OCH3 is 1. The quantitative estimate of drug-likeness (QED) is 0.431. The minimum atomic E-state index is -0.416. The van der Waals surface area contributed by atoms with Crippen molar-refractivity contribution in [2.24, 2.45) is 5.10 Å². The molecule has 3 N–H and O–H groups in total. The number of carbonyl (C=O) groups excluding carboxylic acids is 1. The van der Waals surface area contributed by atoms with Gasteiger partial charge in [-0.25, -0.2) is 10.2 Å². The molecule has 0 fully saturated rings. The van der Waals surface area contributed by atoms with Crippen molar-refractivity contribution in [1.82, 2.24) is 10.1 Å². The Balaban J connectivity index is 2.58. The number of rotatable bonds is 5. The zero-order valence-corrected chi connectivity index (χ0v) is 11.0. The van der Waals surface area contributed by atoms with E-state index in [-0.39, 0.29) is 5.75 Å². The summed E-state index contributed by atoms with van der Waals surface area (Å²) in [6, 6.07) is 4.32. The number of benzene rings is 1. The molecular weight excluding hydrogens is 254 g/mol. The van der Waals surface area contributed by atoms with Gasteiger partial charge in [0.1, 0.15) is 11.5 Å². The molecule has 0 radical (unpaired) electrons. The van der Waals surface area contributed by atoms with Crippen molar-refractivity contribution in [2.75, 3.05) is 12.9 Å². The third-order valence-electron chi connectivity index (χ3n) is 1.91. The molecule has 0 saturated heterocycles. The van der Waals surface area contributed by atoms with Crippen molar-refractivity contribution >= 4 is 24.2 Å². The Kier molecular flexibility index (Phi) is 5.86. The first kappa shape index (κ1) is 14.2. The van der Waals surface area contributed by atoms with E-state index in [2.05, 4.69) is 15.2 Å². The highest BCUT2D eigenvalue weighted by Gasteiger charge is 2.01. The van der Waals surface area contributed by atoms with Crippen LogP contribution in [0.25, 0.3) is 0 Å². The summed E-state index contributed by atoms with van der Waals surface area (Å²) in [7, 11) is 1.53. The second-order valence-electron chi connectivity index (χ2n) is 3.16. The average Bonchev–Trinajstić information content (AvgIpc) is 2.38. The van der Waals surface area contributed by atoms with Crippen molar-refractivity contribution in [3.8, 4) is 11.5 Å². The molecule has 1 aromatic rings. The third kappa shape index (κ3) is 4.54. The summed E-state index contributed by atoms with van der Waals surface area (Å²) in [6.07, 6.45) is 1.34. The van der Waals surface area contributed by atoms with Crippen LogP contribution in [0.5, 0.6) is 11.5 Å². The van der Waals surface area contributed by atoms with Gasteiger partial charge >= 0.3 is 6.03 Å². The lowest BCUT2D eigenvalue weighted by Gasteiger charge is -2.03. The van der Waals surface area contributed by atoms with Crippen LogP contribution in [0.15, 0.2) is 23.3 Å². The molecule has 0 bridgehead atoms. The van der Waals surface area contributed by atoms with Crippen molar-refractivity contribution in [2.45, 2.75) is 6.92 Å². The maximum atomic E-state index is 11.2. The second-order valence-corrected chi connectivity index (χ2v) is 4.23. The zero-order chi connectivity index (χ0) is 13.4. The lowest BCUT2D eigenvalue weighted by Crippen LogP contribution is -2.27. The molecule has 0 saturated carbocycles. The van der Waals surface area contributed by atoms with E-state index < -0.39 is 6.03 Å². The minimum Gasteiger partial charge on any atom is -0.507 e. The van der Waals surface area contributed by atoms with Gasteiger partial charge in [0.05, 0.1) is 13.3 Å². The van der Waals surface area contributed by atoms with Crippen molar-refractivity contribution in [3.63, 3.8) is 0 Å². The van der Waals surface area contributed by atoms with Crippen LogP contribution in [0.2, 0.25) is 0 Å². The van der Waals surface area contributed by atoms with Gasteiger partial charge in [0.25, 0.3) is 0 Å². The number of ether oxygens (including phenoxy) is 1. The fourth-order valence-corrected chi connectivity index (χ4v) is 1.41. The molecule has 0 unspecified atom stereocenters. The van der Waals surface area contributed by atoms with Crippen LogP contribution in [-0.4, -0.2) is 30.2 Å². The lowest BCUT2D eigenvalue weighted by atomic mass is 10.2. The highest BCUT2D eigenvalue weighted by Crippen LogP contribution is 2.20. The molecule has 1 aromatic carbocycles. The van der Waals surface area contributed by atoms with Gasteiger partial charge in [-0.05, 0) is 30.1 Å². The zero-order valence-electron chi connectivity index (χ0n) is 10.1. The van der Waals surface area contributed by atoms with E-state index in [4.69, 9.17) is 4.74 Å². The molecule has 0 aliphatic carbocycles. The van der Waals surface area contributed by atoms with Crippen LogP contribution in [0.1, 0.15) is 12.5 Å². The largest absolute Gasteiger partial charge is 0.507 e. The average molecular weight is 269 g/mol. The van der Waals surface area contributed by atoms with E-state index >= 15 is 0 Å². The van der Waals surface area contributed by atoms with Gasteiger partial charge in [0.15, 0.2) is 0 Å². The Morgan fingerprint density at radius 2 is 2.39 bits per heavy atom. The fraction of sp³-hybridized carbons (Fsp3) is 0.273. The molecule has 1 rings (SSSR count). The normalized spacial score (nSPS) is 10.3. The maximum Gasteiger partial charge on any atom is 0.345 e. The Morgan fingerprint density at radius 1 is 1.61 bits per heavy atom. The predicted octanol–water partition coefficient (Wildman–Crippen LogP) is 1.70. The van der Waals surface area contributed by atoms with Gasteiger partial charge in [-0.1, -0.05) is 6.92 Å². The molecule has 0 aliphatic heterocycles. The highest BCUT2D eigenvalue weighted by atomic mass is 32.2. The third-order valence-corrected chi connectivity index (χ3v) is 2.53. The van der Waals surface area contributed by atoms with Crippen LogP contribution >= 0.6 is 11.9 Å². The number of hydrazone groups is 1. The minimum absolute atomic E-state index is 0.0599. The summed E-state index contributed by atoms with van der Waals surface area (Å²) in [4.78, 5) is 11.2. The molecular formula is C11H15N3O3S. The van der Waals surface area contributed by atoms with E-state index in [1.54, 1.807) is 12.1 Å². The van der Waals surface area contributed by atoms with Gasteiger partial charge < -0.3 is 9.84 Å². The van der Waals surface area contributed by atoms with Crippen LogP contribution in [0.3, 0.4) is 0 Å². The van der Waals surface area contributed by atoms with Gasteiger partial charge in [-0.3, -0.25) is 4.72 Å². The molecule has 0 spiro atoms. The van der Waals surface area contributed by atoms with E-state index in [0.29, 0.717) is 11.3 Å². The number of phenolic OH excluding ortho intramolecular Hbond substituents is 1. The number of nitrogens with one attached hydrogen (secondary N) is 2. The predicted molar refractivity (Wildman–Crippen MR) is 72.1 cm³/mol. The number of hydrogen-bond acceptors (Lipinski definition) is 5. The first-order chi connectivity index (χ1) is 8.67. The van der Waals surface area contributed by atoms with Crippen molar-refractivity contribution < 1.29 is 14.6 Å². The highest BCUT2D eigenvalue weighted by molar-refractivity contribution is 7.97. The molecule has 0 aromatic heterocycles. The van der Waals surface area contributed by atoms with E-state index in [0.717, 1.165) is 5.75 Å². The molecule has 2 amide bonds. The van der Waals surface area contributed by atoms with Crippen LogP contribution in [-0.2, 0) is 0 Å². The Bertz CT molecular complexity index is 438. The van der Waals surface area contributed by atoms with Gasteiger partial charge in [-0.2, -0.15) is 5.10 Å². The molecule has 98 valence electrons. The number of nitrogens with zero attached hydrogens (tertiary/aromatic N) is 1. The van der Waals surface area contributed by atoms with E-state index in [9.17, 15) is 9.90 Å². The van der Waals surface area contributed by atoms with Crippen molar-refractivity contribution in [3.05, 3.63) is 23.8 Å². The number of phenols is 1. The van der Waals surface area contributed by atoms with E-state index in [1.165, 1.54) is 31.3 Å². The standard InChI is InChI=1S/C11H15N3O3S/c1-3-18-14-11(16)13-12-7-8-6-9(17-2)4-5-10(8)15/h4-7,15H,3H2,1-2H3,(H2,13,14,16)/b12-7+. The summed E-state index contributed by atoms with van der Waals surface area (Å²) >= 11 is 1.27. The number of aromatic hydroxyl groups is 1. The fourth-order valence-electron chi connectivity index (χ4n) is 1.08. The number of hydrogen-bond donors (Lipinski definition) is 3. The SMILES string of the molecule is CCSNC(=O)N/N=C/c1cc(OC)ccc1O. The monoisotopic (exact) mass is 269 g/mol. The van der Waals surface area contributed by atoms with Gasteiger partial charge in [-0.15, -0.1) is 0 Å². The van der Waals surface area contributed by atoms with Gasteiger partial charge in [0, 0.05) is 11.3 Å². The van der Waals surface area contributed by atoms with E-state index in [1.807, 2.05) is 6.92 Å². The summed E-state index contributed by atoms with van der Waals surface area (Å²) < 4.78 is 7.54. The molecule has 0 atom stereocenters. The van der Waals surface area contributed by atoms with Crippen LogP contribution in [0.4, 0.5) is 4.79 Å². The number of amides is 2. The Labute approximate surface area is 110 Å². The topological polar surface area (TPSA) is 83.0 Å². The number of urea groups is 1. The first-order valence-electron chi connectivity index (χ1n) is 5.25. The molecule has 7 heteroatoms.